The first-order valence-electron chi connectivity index (χ1n) is 13.8. The Balaban J connectivity index is 2.23. The summed E-state index contributed by atoms with van der Waals surface area (Å²) < 4.78 is 21.3. The van der Waals surface area contributed by atoms with Crippen molar-refractivity contribution in [3.8, 4) is 0 Å². The number of hydrogen-bond acceptors (Lipinski definition) is 3. The molecule has 0 aliphatic heterocycles. The normalized spacial score (nSPS) is 14.7. The lowest BCUT2D eigenvalue weighted by Gasteiger charge is -2.27. The number of aliphatic hydroxyl groups is 1. The molecule has 1 unspecified atom stereocenters. The summed E-state index contributed by atoms with van der Waals surface area (Å²) in [7, 11) is -1.24. The minimum absolute atomic E-state index is 0.332. The number of benzene rings is 1. The lowest BCUT2D eigenvalue weighted by Crippen LogP contribution is -2.48. The Hall–Kier alpha value is -0.750. The summed E-state index contributed by atoms with van der Waals surface area (Å²) >= 11 is 0. The van der Waals surface area contributed by atoms with Crippen molar-refractivity contribution in [2.24, 2.45) is 0 Å². The third kappa shape index (κ3) is 16.0. The lowest BCUT2D eigenvalue weighted by molar-refractivity contribution is 0.0449. The fourth-order valence-corrected chi connectivity index (χ4v) is 4.84. The van der Waals surface area contributed by atoms with Crippen molar-refractivity contribution in [1.82, 2.24) is 4.72 Å². The molecule has 0 spiro atoms. The molecule has 0 radical (unpaired) electrons. The molecule has 0 saturated heterocycles. The molecule has 4 nitrogen and oxygen atoms in total. The summed E-state index contributed by atoms with van der Waals surface area (Å²) in [5.41, 5.74) is 1.10. The number of rotatable bonds is 21. The quantitative estimate of drug-likeness (QED) is 0.174. The van der Waals surface area contributed by atoms with Gasteiger partial charge in [-0.1, -0.05) is 121 Å². The number of nitrogens with one attached hydrogen (secondary N) is 1. The summed E-state index contributed by atoms with van der Waals surface area (Å²) in [5.74, 6) is 0. The van der Waals surface area contributed by atoms with E-state index in [4.69, 9.17) is 4.74 Å². The molecule has 1 aromatic rings. The van der Waals surface area contributed by atoms with Gasteiger partial charge in [-0.2, -0.15) is 0 Å². The fraction of sp³-hybridized carbons (Fsp3) is 0.793. The van der Waals surface area contributed by atoms with Crippen LogP contribution in [0, 0.1) is 0 Å². The van der Waals surface area contributed by atoms with Gasteiger partial charge in [-0.3, -0.25) is 0 Å². The molecule has 0 aliphatic carbocycles. The van der Waals surface area contributed by atoms with Crippen molar-refractivity contribution >= 4 is 11.0 Å². The molecule has 0 aliphatic rings. The van der Waals surface area contributed by atoms with E-state index in [1.54, 1.807) is 0 Å². The zero-order chi connectivity index (χ0) is 25.1. The van der Waals surface area contributed by atoms with Crippen LogP contribution in [0.25, 0.3) is 0 Å². The summed E-state index contributed by atoms with van der Waals surface area (Å²) in [4.78, 5) is 0. The standard InChI is InChI=1S/C29H53NO3S/c1-5-6-7-8-9-10-11-12-13-14-15-16-20-23-28(31)27(30-34(32)29(2,3)4)25-33-24-26-21-18-17-19-22-26/h17-19,21-22,27-28,30-31H,5-16,20,23-25H2,1-4H3/t27-,28+,34?/m0/s1. The molecule has 198 valence electrons. The predicted octanol–water partition coefficient (Wildman–Crippen LogP) is 7.47. The lowest BCUT2D eigenvalue weighted by atomic mass is 10.0. The van der Waals surface area contributed by atoms with Crippen LogP contribution in [0.2, 0.25) is 0 Å². The Morgan fingerprint density at radius 2 is 1.35 bits per heavy atom. The summed E-state index contributed by atoms with van der Waals surface area (Å²) in [5, 5.41) is 10.8. The Bertz CT molecular complexity index is 618. The van der Waals surface area contributed by atoms with Gasteiger partial charge in [-0.15, -0.1) is 0 Å². The molecule has 0 fully saturated rings. The second kappa shape index (κ2) is 19.4. The Kier molecular flexibility index (Phi) is 17.9. The smallest absolute Gasteiger partial charge is 0.0974 e. The molecule has 0 aromatic heterocycles. The molecule has 1 aromatic carbocycles. The highest BCUT2D eigenvalue weighted by atomic mass is 32.2. The van der Waals surface area contributed by atoms with Crippen molar-refractivity contribution in [1.29, 1.82) is 0 Å². The maximum atomic E-state index is 12.6. The fourth-order valence-electron chi connectivity index (χ4n) is 3.99. The largest absolute Gasteiger partial charge is 0.391 e. The van der Waals surface area contributed by atoms with Gasteiger partial charge in [-0.05, 0) is 32.8 Å². The van der Waals surface area contributed by atoms with E-state index in [1.807, 2.05) is 51.1 Å². The van der Waals surface area contributed by atoms with Crippen LogP contribution in [-0.4, -0.2) is 32.8 Å². The molecule has 5 heteroatoms. The molecule has 2 N–H and O–H groups in total. The van der Waals surface area contributed by atoms with E-state index in [-0.39, 0.29) is 10.8 Å². The molecule has 1 rings (SSSR count). The highest BCUT2D eigenvalue weighted by Gasteiger charge is 2.27. The van der Waals surface area contributed by atoms with Gasteiger partial charge in [0, 0.05) is 0 Å². The number of ether oxygens (including phenoxy) is 1. The van der Waals surface area contributed by atoms with E-state index >= 15 is 0 Å². The average Bonchev–Trinajstić information content (AvgIpc) is 2.81. The highest BCUT2D eigenvalue weighted by molar-refractivity contribution is 7.84. The zero-order valence-electron chi connectivity index (χ0n) is 22.5. The van der Waals surface area contributed by atoms with Crippen LogP contribution in [-0.2, 0) is 22.3 Å². The minimum atomic E-state index is -1.24. The number of aliphatic hydroxyl groups excluding tert-OH is 1. The third-order valence-corrected chi connectivity index (χ3v) is 7.92. The topological polar surface area (TPSA) is 58.6 Å². The van der Waals surface area contributed by atoms with Crippen molar-refractivity contribution in [2.45, 2.75) is 141 Å². The number of unbranched alkanes of at least 4 members (excludes halogenated alkanes) is 12. The van der Waals surface area contributed by atoms with E-state index < -0.39 is 17.1 Å². The molecule has 0 bridgehead atoms. The number of hydrogen-bond donors (Lipinski definition) is 2. The van der Waals surface area contributed by atoms with Crippen LogP contribution in [0.3, 0.4) is 0 Å². The van der Waals surface area contributed by atoms with Gasteiger partial charge in [0.2, 0.25) is 0 Å². The van der Waals surface area contributed by atoms with Gasteiger partial charge in [0.1, 0.15) is 0 Å². The van der Waals surface area contributed by atoms with Gasteiger partial charge in [-0.25, -0.2) is 8.93 Å². The van der Waals surface area contributed by atoms with Gasteiger partial charge in [0.05, 0.1) is 41.1 Å². The zero-order valence-corrected chi connectivity index (χ0v) is 23.3. The molecule has 0 amide bonds. The first-order valence-corrected chi connectivity index (χ1v) is 15.0. The Morgan fingerprint density at radius 3 is 1.85 bits per heavy atom. The molecule has 3 atom stereocenters. The second-order valence-corrected chi connectivity index (χ2v) is 12.7. The van der Waals surface area contributed by atoms with Crippen molar-refractivity contribution in [3.05, 3.63) is 35.9 Å². The van der Waals surface area contributed by atoms with Crippen molar-refractivity contribution < 1.29 is 14.1 Å². The van der Waals surface area contributed by atoms with Crippen LogP contribution < -0.4 is 4.72 Å². The maximum absolute atomic E-state index is 12.6. The van der Waals surface area contributed by atoms with Crippen LogP contribution in [0.15, 0.2) is 30.3 Å². The van der Waals surface area contributed by atoms with Gasteiger partial charge >= 0.3 is 0 Å². The molecule has 34 heavy (non-hydrogen) atoms. The van der Waals surface area contributed by atoms with E-state index in [0.29, 0.717) is 19.6 Å². The molecule has 0 heterocycles. The first kappa shape index (κ1) is 31.3. The van der Waals surface area contributed by atoms with Gasteiger partial charge < -0.3 is 9.84 Å². The highest BCUT2D eigenvalue weighted by Crippen LogP contribution is 2.16. The SMILES string of the molecule is CCCCCCCCCCCCCCC[C@@H](O)[C@H](COCc1ccccc1)NS(=O)C(C)(C)C. The van der Waals surface area contributed by atoms with Crippen molar-refractivity contribution in [3.63, 3.8) is 0 Å². The van der Waals surface area contributed by atoms with Gasteiger partial charge in [0.15, 0.2) is 0 Å². The average molecular weight is 496 g/mol. The van der Waals surface area contributed by atoms with Crippen LogP contribution in [0.4, 0.5) is 0 Å². The summed E-state index contributed by atoms with van der Waals surface area (Å²) in [6, 6.07) is 9.69. The predicted molar refractivity (Wildman–Crippen MR) is 147 cm³/mol. The molecule has 0 saturated carbocycles. The minimum Gasteiger partial charge on any atom is -0.391 e. The van der Waals surface area contributed by atoms with Crippen LogP contribution in [0.1, 0.15) is 123 Å². The van der Waals surface area contributed by atoms with Crippen LogP contribution >= 0.6 is 0 Å². The monoisotopic (exact) mass is 495 g/mol. The Morgan fingerprint density at radius 1 is 0.853 bits per heavy atom. The van der Waals surface area contributed by atoms with Crippen molar-refractivity contribution in [2.75, 3.05) is 6.61 Å². The van der Waals surface area contributed by atoms with E-state index in [0.717, 1.165) is 18.4 Å². The summed E-state index contributed by atoms with van der Waals surface area (Å²) in [6.45, 7) is 8.93. The van der Waals surface area contributed by atoms with Crippen LogP contribution in [0.5, 0.6) is 0 Å². The molecular weight excluding hydrogens is 442 g/mol. The van der Waals surface area contributed by atoms with E-state index in [2.05, 4.69) is 11.6 Å². The van der Waals surface area contributed by atoms with Gasteiger partial charge in [0.25, 0.3) is 0 Å². The maximum Gasteiger partial charge on any atom is 0.0974 e. The third-order valence-electron chi connectivity index (χ3n) is 6.29. The Labute approximate surface area is 213 Å². The van der Waals surface area contributed by atoms with E-state index in [9.17, 15) is 9.32 Å². The second-order valence-electron chi connectivity index (χ2n) is 10.7. The summed E-state index contributed by atoms with van der Waals surface area (Å²) in [6.07, 6.45) is 17.2. The molecular formula is C29H53NO3S. The first-order chi connectivity index (χ1) is 16.3. The van der Waals surface area contributed by atoms with E-state index in [1.165, 1.54) is 70.6 Å².